The van der Waals surface area contributed by atoms with Crippen molar-refractivity contribution < 1.29 is 13.3 Å². The molecule has 3 aromatic rings. The van der Waals surface area contributed by atoms with Crippen molar-refractivity contribution in [2.24, 2.45) is 5.92 Å². The molecule has 2 aliphatic rings. The van der Waals surface area contributed by atoms with Crippen LogP contribution in [0.1, 0.15) is 40.6 Å². The SMILES string of the molecule is Cc1ccc(NS(=O)(=O)c2ccc3c(c2)C2C=CCC2C(c2ccc([N+](=O)[O-])cc2)N3)cc1C. The number of benzene rings is 3. The van der Waals surface area contributed by atoms with Crippen LogP contribution in [-0.2, 0) is 10.0 Å². The van der Waals surface area contributed by atoms with Gasteiger partial charge in [0, 0.05) is 29.4 Å². The maximum absolute atomic E-state index is 13.1. The van der Waals surface area contributed by atoms with Crippen LogP contribution in [0.2, 0.25) is 0 Å². The summed E-state index contributed by atoms with van der Waals surface area (Å²) in [5.41, 5.74) is 5.52. The molecule has 174 valence electrons. The number of nitro groups is 1. The monoisotopic (exact) mass is 475 g/mol. The summed E-state index contributed by atoms with van der Waals surface area (Å²) in [4.78, 5) is 10.8. The van der Waals surface area contributed by atoms with Gasteiger partial charge in [0.1, 0.15) is 0 Å². The first kappa shape index (κ1) is 22.2. The summed E-state index contributed by atoms with van der Waals surface area (Å²) in [6, 6.07) is 17.3. The van der Waals surface area contributed by atoms with Crippen molar-refractivity contribution in [3.63, 3.8) is 0 Å². The van der Waals surface area contributed by atoms with Gasteiger partial charge in [-0.1, -0.05) is 30.4 Å². The Labute approximate surface area is 198 Å². The fraction of sp³-hybridized carbons (Fsp3) is 0.231. The van der Waals surface area contributed by atoms with E-state index in [-0.39, 0.29) is 28.5 Å². The lowest BCUT2D eigenvalue weighted by Crippen LogP contribution is -2.29. The summed E-state index contributed by atoms with van der Waals surface area (Å²) in [5, 5.41) is 14.6. The van der Waals surface area contributed by atoms with Crippen LogP contribution in [0.3, 0.4) is 0 Å². The largest absolute Gasteiger partial charge is 0.378 e. The number of nitrogens with one attached hydrogen (secondary N) is 2. The third-order valence-electron chi connectivity index (χ3n) is 6.87. The Morgan fingerprint density at radius 3 is 2.47 bits per heavy atom. The predicted molar refractivity (Wildman–Crippen MR) is 133 cm³/mol. The summed E-state index contributed by atoms with van der Waals surface area (Å²) in [7, 11) is -3.75. The topological polar surface area (TPSA) is 101 Å². The Balaban J connectivity index is 1.46. The molecule has 3 unspecified atom stereocenters. The molecule has 5 rings (SSSR count). The van der Waals surface area contributed by atoms with Gasteiger partial charge in [-0.15, -0.1) is 0 Å². The average molecular weight is 476 g/mol. The van der Waals surface area contributed by atoms with E-state index in [1.165, 1.54) is 12.1 Å². The molecule has 2 N–H and O–H groups in total. The Morgan fingerprint density at radius 2 is 1.76 bits per heavy atom. The van der Waals surface area contributed by atoms with Gasteiger partial charge in [-0.05, 0) is 78.8 Å². The molecule has 1 heterocycles. The molecule has 0 aromatic heterocycles. The Kier molecular flexibility index (Phi) is 5.40. The summed E-state index contributed by atoms with van der Waals surface area (Å²) < 4.78 is 29.0. The van der Waals surface area contributed by atoms with E-state index in [9.17, 15) is 18.5 Å². The van der Waals surface area contributed by atoms with Crippen molar-refractivity contribution in [2.45, 2.75) is 37.1 Å². The summed E-state index contributed by atoms with van der Waals surface area (Å²) >= 11 is 0. The van der Waals surface area contributed by atoms with E-state index in [0.29, 0.717) is 5.69 Å². The van der Waals surface area contributed by atoms with Gasteiger partial charge < -0.3 is 5.32 Å². The average Bonchev–Trinajstić information content (AvgIpc) is 3.31. The number of non-ortho nitro benzene ring substituents is 1. The van der Waals surface area contributed by atoms with Crippen LogP contribution in [-0.4, -0.2) is 13.3 Å². The number of anilines is 2. The van der Waals surface area contributed by atoms with Gasteiger partial charge in [0.15, 0.2) is 0 Å². The van der Waals surface area contributed by atoms with E-state index in [4.69, 9.17) is 0 Å². The number of aryl methyl sites for hydroxylation is 2. The van der Waals surface area contributed by atoms with Gasteiger partial charge in [0.2, 0.25) is 0 Å². The maximum atomic E-state index is 13.1. The van der Waals surface area contributed by atoms with Gasteiger partial charge in [0.05, 0.1) is 15.9 Å². The Hall–Kier alpha value is -3.65. The highest BCUT2D eigenvalue weighted by molar-refractivity contribution is 7.92. The second-order valence-electron chi connectivity index (χ2n) is 8.98. The minimum atomic E-state index is -3.75. The van der Waals surface area contributed by atoms with E-state index in [1.54, 1.807) is 30.3 Å². The molecule has 0 spiro atoms. The Bertz CT molecular complexity index is 1410. The third-order valence-corrected chi connectivity index (χ3v) is 8.25. The van der Waals surface area contributed by atoms with Crippen molar-refractivity contribution >= 4 is 27.1 Å². The van der Waals surface area contributed by atoms with Crippen molar-refractivity contribution in [2.75, 3.05) is 10.0 Å². The Morgan fingerprint density at radius 1 is 1.00 bits per heavy atom. The van der Waals surface area contributed by atoms with Gasteiger partial charge >= 0.3 is 0 Å². The zero-order valence-electron chi connectivity index (χ0n) is 18.9. The fourth-order valence-corrected chi connectivity index (χ4v) is 5.98. The molecule has 3 aromatic carbocycles. The molecular formula is C26H25N3O4S. The summed E-state index contributed by atoms with van der Waals surface area (Å²) in [5.74, 6) is 0.257. The van der Waals surface area contributed by atoms with Gasteiger partial charge in [-0.2, -0.15) is 0 Å². The lowest BCUT2D eigenvalue weighted by atomic mass is 9.77. The molecule has 0 radical (unpaired) electrons. The molecule has 0 bridgehead atoms. The number of rotatable bonds is 5. The fourth-order valence-electron chi connectivity index (χ4n) is 4.89. The van der Waals surface area contributed by atoms with Gasteiger partial charge in [0.25, 0.3) is 15.7 Å². The highest BCUT2D eigenvalue weighted by Gasteiger charge is 2.38. The number of sulfonamides is 1. The van der Waals surface area contributed by atoms with Crippen molar-refractivity contribution in [3.05, 3.63) is 105 Å². The van der Waals surface area contributed by atoms with Crippen LogP contribution in [0.5, 0.6) is 0 Å². The van der Waals surface area contributed by atoms with E-state index < -0.39 is 14.9 Å². The predicted octanol–water partition coefficient (Wildman–Crippen LogP) is 5.84. The molecule has 1 aliphatic heterocycles. The minimum absolute atomic E-state index is 0.0237. The molecule has 0 amide bonds. The number of nitro benzene ring substituents is 1. The van der Waals surface area contributed by atoms with Crippen molar-refractivity contribution in [1.82, 2.24) is 0 Å². The molecule has 8 heteroatoms. The van der Waals surface area contributed by atoms with Gasteiger partial charge in [-0.25, -0.2) is 8.42 Å². The number of hydrogen-bond acceptors (Lipinski definition) is 5. The summed E-state index contributed by atoms with van der Waals surface area (Å²) in [6.07, 6.45) is 5.10. The minimum Gasteiger partial charge on any atom is -0.378 e. The molecule has 0 saturated heterocycles. The van der Waals surface area contributed by atoms with E-state index >= 15 is 0 Å². The molecule has 3 atom stereocenters. The van der Waals surface area contributed by atoms with E-state index in [2.05, 4.69) is 22.2 Å². The first-order valence-electron chi connectivity index (χ1n) is 11.1. The first-order valence-corrected chi connectivity index (χ1v) is 12.6. The number of nitrogens with zero attached hydrogens (tertiary/aromatic N) is 1. The number of allylic oxidation sites excluding steroid dienone is 2. The highest BCUT2D eigenvalue weighted by atomic mass is 32.2. The van der Waals surface area contributed by atoms with Gasteiger partial charge in [-0.3, -0.25) is 14.8 Å². The van der Waals surface area contributed by atoms with Crippen LogP contribution in [0.15, 0.2) is 77.7 Å². The van der Waals surface area contributed by atoms with Crippen LogP contribution < -0.4 is 10.0 Å². The zero-order chi connectivity index (χ0) is 24.0. The van der Waals surface area contributed by atoms with Crippen LogP contribution >= 0.6 is 0 Å². The first-order chi connectivity index (χ1) is 16.2. The molecular weight excluding hydrogens is 450 g/mol. The lowest BCUT2D eigenvalue weighted by Gasteiger charge is -2.37. The highest BCUT2D eigenvalue weighted by Crippen LogP contribution is 2.50. The smallest absolute Gasteiger partial charge is 0.269 e. The molecule has 1 aliphatic carbocycles. The number of hydrogen-bond donors (Lipinski definition) is 2. The van der Waals surface area contributed by atoms with E-state index in [1.807, 2.05) is 32.0 Å². The van der Waals surface area contributed by atoms with Crippen LogP contribution in [0, 0.1) is 29.9 Å². The van der Waals surface area contributed by atoms with Crippen molar-refractivity contribution in [1.29, 1.82) is 0 Å². The van der Waals surface area contributed by atoms with Crippen LogP contribution in [0.4, 0.5) is 17.1 Å². The van der Waals surface area contributed by atoms with E-state index in [0.717, 1.165) is 34.4 Å². The maximum Gasteiger partial charge on any atom is 0.269 e. The van der Waals surface area contributed by atoms with Crippen LogP contribution in [0.25, 0.3) is 0 Å². The van der Waals surface area contributed by atoms with Crippen molar-refractivity contribution in [3.8, 4) is 0 Å². The second-order valence-corrected chi connectivity index (χ2v) is 10.7. The molecule has 0 fully saturated rings. The third kappa shape index (κ3) is 3.94. The molecule has 7 nitrogen and oxygen atoms in total. The quantitative estimate of drug-likeness (QED) is 0.274. The second kappa shape index (κ2) is 8.29. The molecule has 34 heavy (non-hydrogen) atoms. The standard InChI is InChI=1S/C26H25N3O4S/c1-16-6-9-19(14-17(16)2)28-34(32,33)21-12-13-25-24(15-21)22-4-3-5-23(22)26(27-25)18-7-10-20(11-8-18)29(30)31/h3-4,6-15,22-23,26-28H,5H2,1-2H3. The summed E-state index contributed by atoms with van der Waals surface area (Å²) in [6.45, 7) is 3.94. The lowest BCUT2D eigenvalue weighted by molar-refractivity contribution is -0.384. The zero-order valence-corrected chi connectivity index (χ0v) is 19.7. The normalized spacial score (nSPS) is 20.8. The number of fused-ring (bicyclic) bond motifs is 3. The molecule has 0 saturated carbocycles.